The summed E-state index contributed by atoms with van der Waals surface area (Å²) in [6.07, 6.45) is 6.85. The molecule has 0 fully saturated rings. The molecule has 2 heterocycles. The second-order valence-corrected chi connectivity index (χ2v) is 4.82. The van der Waals surface area contributed by atoms with Crippen LogP contribution in [0.4, 0.5) is 0 Å². The molecule has 0 aliphatic carbocycles. The number of hydrogen-bond acceptors (Lipinski definition) is 3. The number of carbonyl (C=O) groups is 1. The second kappa shape index (κ2) is 6.58. The molecule has 0 spiro atoms. The third-order valence-corrected chi connectivity index (χ3v) is 2.82. The first-order valence-corrected chi connectivity index (χ1v) is 6.52. The Kier molecular flexibility index (Phi) is 4.81. The molecule has 6 nitrogen and oxygen atoms in total. The quantitative estimate of drug-likeness (QED) is 0.881. The number of hydrogen-bond donors (Lipinski definition) is 1. The average molecular weight is 302 g/mol. The molecule has 0 radical (unpaired) electrons. The fraction of sp³-hybridized carbons (Fsp3) is 0.364. The minimum Gasteiger partial charge on any atom is -0.354 e. The summed E-state index contributed by atoms with van der Waals surface area (Å²) >= 11 is 11.5. The molecular formula is C11H13Cl2N5O. The van der Waals surface area contributed by atoms with Crippen LogP contribution in [0.1, 0.15) is 6.42 Å². The Morgan fingerprint density at radius 2 is 1.68 bits per heavy atom. The Morgan fingerprint density at radius 1 is 1.11 bits per heavy atom. The zero-order valence-corrected chi connectivity index (χ0v) is 11.6. The molecule has 8 heteroatoms. The third-order valence-electron chi connectivity index (χ3n) is 2.43. The van der Waals surface area contributed by atoms with E-state index in [0.717, 1.165) is 0 Å². The van der Waals surface area contributed by atoms with Crippen LogP contribution < -0.4 is 5.32 Å². The lowest BCUT2D eigenvalue weighted by Crippen LogP contribution is -2.28. The van der Waals surface area contributed by atoms with E-state index in [2.05, 4.69) is 15.5 Å². The van der Waals surface area contributed by atoms with Gasteiger partial charge in [-0.05, 0) is 0 Å². The van der Waals surface area contributed by atoms with Gasteiger partial charge in [-0.2, -0.15) is 10.2 Å². The van der Waals surface area contributed by atoms with Crippen LogP contribution in [0.3, 0.4) is 0 Å². The molecule has 0 atom stereocenters. The van der Waals surface area contributed by atoms with Gasteiger partial charge in [0.05, 0.1) is 29.0 Å². The molecule has 1 N–H and O–H groups in total. The van der Waals surface area contributed by atoms with Gasteiger partial charge in [0.15, 0.2) is 0 Å². The molecule has 2 rings (SSSR count). The summed E-state index contributed by atoms with van der Waals surface area (Å²) in [5.74, 6) is -0.0372. The SMILES string of the molecule is O=C(CCn1cc(Cl)cn1)NCCn1cc(Cl)cn1. The van der Waals surface area contributed by atoms with Crippen molar-refractivity contribution in [2.75, 3.05) is 6.54 Å². The monoisotopic (exact) mass is 301 g/mol. The van der Waals surface area contributed by atoms with E-state index >= 15 is 0 Å². The molecule has 0 unspecified atom stereocenters. The minimum absolute atomic E-state index is 0.0372. The average Bonchev–Trinajstić information content (AvgIpc) is 2.96. The van der Waals surface area contributed by atoms with Gasteiger partial charge in [-0.3, -0.25) is 14.2 Å². The number of halogens is 2. The fourth-order valence-corrected chi connectivity index (χ4v) is 1.85. The zero-order chi connectivity index (χ0) is 13.7. The maximum Gasteiger partial charge on any atom is 0.221 e. The Hall–Kier alpha value is -1.53. The van der Waals surface area contributed by atoms with Crippen molar-refractivity contribution in [2.24, 2.45) is 0 Å². The highest BCUT2D eigenvalue weighted by Crippen LogP contribution is 2.05. The maximum atomic E-state index is 11.6. The lowest BCUT2D eigenvalue weighted by atomic mass is 10.4. The molecule has 2 aromatic heterocycles. The highest BCUT2D eigenvalue weighted by molar-refractivity contribution is 6.30. The van der Waals surface area contributed by atoms with Gasteiger partial charge < -0.3 is 5.32 Å². The summed E-state index contributed by atoms with van der Waals surface area (Å²) < 4.78 is 3.31. The summed E-state index contributed by atoms with van der Waals surface area (Å²) in [7, 11) is 0. The van der Waals surface area contributed by atoms with E-state index in [0.29, 0.717) is 36.1 Å². The van der Waals surface area contributed by atoms with Gasteiger partial charge in [-0.25, -0.2) is 0 Å². The molecule has 0 aromatic carbocycles. The number of aromatic nitrogens is 4. The molecule has 0 aliphatic rings. The van der Waals surface area contributed by atoms with Gasteiger partial charge in [0, 0.05) is 31.9 Å². The third kappa shape index (κ3) is 4.57. The van der Waals surface area contributed by atoms with E-state index in [1.165, 1.54) is 0 Å². The Bertz CT molecular complexity index is 551. The van der Waals surface area contributed by atoms with Gasteiger partial charge in [0.2, 0.25) is 5.91 Å². The number of nitrogens with one attached hydrogen (secondary N) is 1. The van der Waals surface area contributed by atoms with E-state index in [1.54, 1.807) is 34.2 Å². The van der Waals surface area contributed by atoms with Crippen LogP contribution in [0.25, 0.3) is 0 Å². The van der Waals surface area contributed by atoms with Crippen LogP contribution >= 0.6 is 23.2 Å². The van der Waals surface area contributed by atoms with Crippen molar-refractivity contribution in [1.29, 1.82) is 0 Å². The first-order valence-electron chi connectivity index (χ1n) is 5.76. The Balaban J connectivity index is 1.64. The number of nitrogens with zero attached hydrogens (tertiary/aromatic N) is 4. The molecular weight excluding hydrogens is 289 g/mol. The van der Waals surface area contributed by atoms with Crippen LogP contribution in [0.5, 0.6) is 0 Å². The van der Waals surface area contributed by atoms with Crippen LogP contribution in [-0.2, 0) is 17.9 Å². The standard InChI is InChI=1S/C11H13Cl2N5O/c12-9-5-15-17(7-9)3-1-11(19)14-2-4-18-8-10(13)6-16-18/h5-8H,1-4H2,(H,14,19). The summed E-state index contributed by atoms with van der Waals surface area (Å²) in [5.41, 5.74) is 0. The van der Waals surface area contributed by atoms with Crippen LogP contribution in [0.15, 0.2) is 24.8 Å². The fourth-order valence-electron chi connectivity index (χ4n) is 1.54. The summed E-state index contributed by atoms with van der Waals surface area (Å²) in [6.45, 7) is 1.61. The maximum absolute atomic E-state index is 11.6. The second-order valence-electron chi connectivity index (χ2n) is 3.94. The molecule has 0 saturated heterocycles. The first-order chi connectivity index (χ1) is 9.13. The lowest BCUT2D eigenvalue weighted by Gasteiger charge is -2.05. The van der Waals surface area contributed by atoms with Gasteiger partial charge in [-0.15, -0.1) is 0 Å². The van der Waals surface area contributed by atoms with Crippen LogP contribution in [-0.4, -0.2) is 32.0 Å². The van der Waals surface area contributed by atoms with Gasteiger partial charge in [0.25, 0.3) is 0 Å². The van der Waals surface area contributed by atoms with E-state index in [9.17, 15) is 4.79 Å². The summed E-state index contributed by atoms with van der Waals surface area (Å²) in [5, 5.41) is 12.0. The number of carbonyl (C=O) groups excluding carboxylic acids is 1. The van der Waals surface area contributed by atoms with Crippen molar-refractivity contribution >= 4 is 29.1 Å². The number of rotatable bonds is 6. The van der Waals surface area contributed by atoms with E-state index in [4.69, 9.17) is 23.2 Å². The van der Waals surface area contributed by atoms with E-state index < -0.39 is 0 Å². The van der Waals surface area contributed by atoms with Crippen molar-refractivity contribution in [3.8, 4) is 0 Å². The number of aryl methyl sites for hydroxylation is 1. The molecule has 0 aliphatic heterocycles. The van der Waals surface area contributed by atoms with Crippen LogP contribution in [0.2, 0.25) is 10.0 Å². The van der Waals surface area contributed by atoms with Crippen molar-refractivity contribution in [1.82, 2.24) is 24.9 Å². The Labute approximate surface area is 120 Å². The van der Waals surface area contributed by atoms with Gasteiger partial charge >= 0.3 is 0 Å². The topological polar surface area (TPSA) is 64.7 Å². The molecule has 1 amide bonds. The van der Waals surface area contributed by atoms with Crippen molar-refractivity contribution in [3.05, 3.63) is 34.8 Å². The van der Waals surface area contributed by atoms with Gasteiger partial charge in [-0.1, -0.05) is 23.2 Å². The largest absolute Gasteiger partial charge is 0.354 e. The summed E-state index contributed by atoms with van der Waals surface area (Å²) in [4.78, 5) is 11.6. The lowest BCUT2D eigenvalue weighted by molar-refractivity contribution is -0.121. The molecule has 102 valence electrons. The Morgan fingerprint density at radius 3 is 2.21 bits per heavy atom. The number of amides is 1. The minimum atomic E-state index is -0.0372. The highest BCUT2D eigenvalue weighted by Gasteiger charge is 2.03. The zero-order valence-electron chi connectivity index (χ0n) is 10.1. The van der Waals surface area contributed by atoms with Crippen molar-refractivity contribution < 1.29 is 4.79 Å². The van der Waals surface area contributed by atoms with Crippen LogP contribution in [0, 0.1) is 0 Å². The molecule has 0 bridgehead atoms. The van der Waals surface area contributed by atoms with Gasteiger partial charge in [0.1, 0.15) is 0 Å². The molecule has 0 saturated carbocycles. The predicted octanol–water partition coefficient (Wildman–Crippen LogP) is 1.59. The normalized spacial score (nSPS) is 10.6. The van der Waals surface area contributed by atoms with Crippen molar-refractivity contribution in [3.63, 3.8) is 0 Å². The van der Waals surface area contributed by atoms with E-state index in [-0.39, 0.29) is 5.91 Å². The van der Waals surface area contributed by atoms with Crippen molar-refractivity contribution in [2.45, 2.75) is 19.5 Å². The molecule has 2 aromatic rings. The highest BCUT2D eigenvalue weighted by atomic mass is 35.5. The molecule has 19 heavy (non-hydrogen) atoms. The smallest absolute Gasteiger partial charge is 0.221 e. The van der Waals surface area contributed by atoms with E-state index in [1.807, 2.05) is 0 Å². The summed E-state index contributed by atoms with van der Waals surface area (Å²) in [6, 6.07) is 0. The first kappa shape index (κ1) is 13.9. The predicted molar refractivity (Wildman–Crippen MR) is 72.1 cm³/mol.